The van der Waals surface area contributed by atoms with Crippen molar-refractivity contribution in [3.8, 4) is 0 Å². The summed E-state index contributed by atoms with van der Waals surface area (Å²) >= 11 is 0. The first kappa shape index (κ1) is 14.6. The van der Waals surface area contributed by atoms with Gasteiger partial charge in [-0.05, 0) is 5.56 Å². The van der Waals surface area contributed by atoms with Crippen molar-refractivity contribution >= 4 is 21.1 Å². The predicted octanol–water partition coefficient (Wildman–Crippen LogP) is 1.43. The Morgan fingerprint density at radius 2 is 2.06 bits per heavy atom. The minimum Gasteiger partial charge on any atom is -0.398 e. The maximum absolute atomic E-state index is 12.1. The van der Waals surface area contributed by atoms with Crippen LogP contribution in [0.25, 0.3) is 0 Å². The normalized spacial score (nSPS) is 11.2. The number of carbonyl (C=O) groups is 1. The second kappa shape index (κ2) is 7.09. The third-order valence-electron chi connectivity index (χ3n) is 2.30. The lowest BCUT2D eigenvalue weighted by Crippen LogP contribution is -2.31. The van der Waals surface area contributed by atoms with Gasteiger partial charge in [0.25, 0.3) is 5.91 Å². The quantitative estimate of drug-likeness (QED) is 0.461. The summed E-state index contributed by atoms with van der Waals surface area (Å²) in [6, 6.07) is 7.43. The number of benzene rings is 1. The molecule has 0 heterocycles. The Bertz CT molecular complexity index is 447. The molecule has 0 aliphatic heterocycles. The van der Waals surface area contributed by atoms with E-state index >= 15 is 0 Å². The molecule has 0 aromatic heterocycles. The number of rotatable bonds is 5. The molecule has 0 saturated heterocycles. The van der Waals surface area contributed by atoms with E-state index in [4.69, 9.17) is 9.36 Å². The largest absolute Gasteiger partial charge is 0.398 e. The van der Waals surface area contributed by atoms with Gasteiger partial charge in [0.1, 0.15) is 7.11 Å². The summed E-state index contributed by atoms with van der Waals surface area (Å²) in [5.74, 6) is -0.215. The van der Waals surface area contributed by atoms with Gasteiger partial charge in [-0.1, -0.05) is 29.4 Å². The molecule has 0 fully saturated rings. The Kier molecular flexibility index (Phi) is 5.75. The maximum Gasteiger partial charge on any atom is 0.276 e. The lowest BCUT2D eigenvalue weighted by Gasteiger charge is -2.14. The van der Waals surface area contributed by atoms with Gasteiger partial charge in [0.2, 0.25) is 0 Å². The van der Waals surface area contributed by atoms with Crippen molar-refractivity contribution in [2.45, 2.75) is 6.61 Å². The summed E-state index contributed by atoms with van der Waals surface area (Å²) < 4.78 is 5.03. The van der Waals surface area contributed by atoms with E-state index in [2.05, 4.69) is 14.6 Å². The molecule has 0 radical (unpaired) electrons. The fourth-order valence-electron chi connectivity index (χ4n) is 1.47. The van der Waals surface area contributed by atoms with Crippen LogP contribution in [-0.2, 0) is 20.8 Å². The van der Waals surface area contributed by atoms with Gasteiger partial charge in [0.05, 0.1) is 6.61 Å². The molecule has 0 N–H and O–H groups in total. The van der Waals surface area contributed by atoms with E-state index in [-0.39, 0.29) is 11.6 Å². The van der Waals surface area contributed by atoms with Gasteiger partial charge in [0.15, 0.2) is 5.71 Å². The number of nitrogens with zero attached hydrogens (tertiary/aromatic N) is 2. The third kappa shape index (κ3) is 3.52. The van der Waals surface area contributed by atoms with Crippen LogP contribution in [-0.4, -0.2) is 37.7 Å². The van der Waals surface area contributed by atoms with Crippen molar-refractivity contribution in [3.63, 3.8) is 0 Å². The zero-order chi connectivity index (χ0) is 13.5. The minimum atomic E-state index is -0.215. The number of carbonyl (C=O) groups excluding carboxylic acids is 1. The summed E-state index contributed by atoms with van der Waals surface area (Å²) in [5, 5.41) is 3.82. The van der Waals surface area contributed by atoms with Crippen LogP contribution < -0.4 is 0 Å². The average Bonchev–Trinajstić information content (AvgIpc) is 2.36. The highest BCUT2D eigenvalue weighted by molar-refractivity contribution is 7.09. The van der Waals surface area contributed by atoms with E-state index in [9.17, 15) is 4.79 Å². The Balaban J connectivity index is 3.22. The van der Waals surface area contributed by atoms with E-state index in [1.54, 1.807) is 14.1 Å². The average molecular weight is 268 g/mol. The fraction of sp³-hybridized carbons (Fsp3) is 0.333. The van der Waals surface area contributed by atoms with Crippen LogP contribution in [0.5, 0.6) is 0 Å². The van der Waals surface area contributed by atoms with Crippen LogP contribution in [0.1, 0.15) is 11.1 Å². The summed E-state index contributed by atoms with van der Waals surface area (Å²) in [5.41, 5.74) is 1.85. The summed E-state index contributed by atoms with van der Waals surface area (Å²) in [6.45, 7) is 0.379. The molecule has 1 atom stereocenters. The van der Waals surface area contributed by atoms with Crippen molar-refractivity contribution in [2.24, 2.45) is 5.16 Å². The van der Waals surface area contributed by atoms with Crippen LogP contribution in [0.2, 0.25) is 0 Å². The van der Waals surface area contributed by atoms with E-state index in [0.717, 1.165) is 5.56 Å². The molecule has 0 bridgehead atoms. The fourth-order valence-corrected chi connectivity index (χ4v) is 1.65. The summed E-state index contributed by atoms with van der Waals surface area (Å²) in [6.07, 6.45) is 0. The SMILES string of the molecule is CON=C(C(=O)N(C)C)c1ccccc1COP. The van der Waals surface area contributed by atoms with Crippen molar-refractivity contribution in [2.75, 3.05) is 21.2 Å². The smallest absolute Gasteiger partial charge is 0.276 e. The van der Waals surface area contributed by atoms with E-state index < -0.39 is 0 Å². The van der Waals surface area contributed by atoms with Crippen LogP contribution in [0.4, 0.5) is 0 Å². The zero-order valence-electron chi connectivity index (χ0n) is 10.7. The van der Waals surface area contributed by atoms with Gasteiger partial charge in [-0.3, -0.25) is 4.79 Å². The first-order valence-corrected chi connectivity index (χ1v) is 5.81. The van der Waals surface area contributed by atoms with Crippen molar-refractivity contribution < 1.29 is 14.2 Å². The van der Waals surface area contributed by atoms with Gasteiger partial charge in [-0.2, -0.15) is 0 Å². The first-order chi connectivity index (χ1) is 8.61. The highest BCUT2D eigenvalue weighted by atomic mass is 31.0. The van der Waals surface area contributed by atoms with Crippen LogP contribution in [0.3, 0.4) is 0 Å². The van der Waals surface area contributed by atoms with E-state index in [0.29, 0.717) is 12.2 Å². The van der Waals surface area contributed by atoms with E-state index in [1.807, 2.05) is 24.3 Å². The Hall–Kier alpha value is -1.45. The summed E-state index contributed by atoms with van der Waals surface area (Å²) in [7, 11) is 6.94. The number of oxime groups is 1. The van der Waals surface area contributed by atoms with Gasteiger partial charge < -0.3 is 14.3 Å². The van der Waals surface area contributed by atoms with Gasteiger partial charge in [-0.25, -0.2) is 0 Å². The van der Waals surface area contributed by atoms with Crippen molar-refractivity contribution in [3.05, 3.63) is 35.4 Å². The molecule has 1 amide bonds. The molecule has 0 aliphatic carbocycles. The molecular formula is C12H17N2O3P. The number of likely N-dealkylation sites (N-methyl/N-ethyl adjacent to an activating group) is 1. The number of amides is 1. The molecular weight excluding hydrogens is 251 g/mol. The zero-order valence-corrected chi connectivity index (χ0v) is 11.9. The minimum absolute atomic E-state index is 0.215. The molecule has 98 valence electrons. The third-order valence-corrected chi connectivity index (χ3v) is 2.47. The second-order valence-corrected chi connectivity index (χ2v) is 4.12. The monoisotopic (exact) mass is 268 g/mol. The lowest BCUT2D eigenvalue weighted by molar-refractivity contribution is -0.121. The first-order valence-electron chi connectivity index (χ1n) is 5.34. The summed E-state index contributed by atoms with van der Waals surface area (Å²) in [4.78, 5) is 18.3. The highest BCUT2D eigenvalue weighted by Crippen LogP contribution is 2.14. The van der Waals surface area contributed by atoms with Crippen molar-refractivity contribution in [1.82, 2.24) is 4.90 Å². The highest BCUT2D eigenvalue weighted by Gasteiger charge is 2.19. The molecule has 5 nitrogen and oxygen atoms in total. The number of hydrogen-bond acceptors (Lipinski definition) is 4. The molecule has 18 heavy (non-hydrogen) atoms. The Labute approximate surface area is 109 Å². The van der Waals surface area contributed by atoms with Crippen LogP contribution in [0, 0.1) is 0 Å². The van der Waals surface area contributed by atoms with Crippen LogP contribution >= 0.6 is 9.47 Å². The van der Waals surface area contributed by atoms with E-state index in [1.165, 1.54) is 12.0 Å². The molecule has 0 spiro atoms. The van der Waals surface area contributed by atoms with Gasteiger partial charge in [0, 0.05) is 29.1 Å². The van der Waals surface area contributed by atoms with Gasteiger partial charge >= 0.3 is 0 Å². The Morgan fingerprint density at radius 3 is 2.61 bits per heavy atom. The standard InChI is InChI=1S/C12H17N2O3P/c1-14(2)12(15)11(13-16-3)10-7-5-4-6-9(10)8-17-18/h4-7H,8,18H2,1-3H3. The molecule has 0 saturated carbocycles. The molecule has 1 unspecified atom stereocenters. The van der Waals surface area contributed by atoms with Crippen molar-refractivity contribution in [1.29, 1.82) is 0 Å². The molecule has 1 rings (SSSR count). The second-order valence-electron chi connectivity index (χ2n) is 3.79. The van der Waals surface area contributed by atoms with Crippen LogP contribution in [0.15, 0.2) is 29.4 Å². The lowest BCUT2D eigenvalue weighted by atomic mass is 10.0. The molecule has 1 aromatic rings. The molecule has 1 aromatic carbocycles. The predicted molar refractivity (Wildman–Crippen MR) is 73.2 cm³/mol. The Morgan fingerprint density at radius 1 is 1.39 bits per heavy atom. The maximum atomic E-state index is 12.1. The molecule has 6 heteroatoms. The molecule has 0 aliphatic rings. The topological polar surface area (TPSA) is 51.1 Å². The van der Waals surface area contributed by atoms with Gasteiger partial charge in [-0.15, -0.1) is 0 Å². The number of hydrogen-bond donors (Lipinski definition) is 0.